The molecule has 0 spiro atoms. The molecule has 7 nitrogen and oxygen atoms in total. The van der Waals surface area contributed by atoms with Crippen molar-refractivity contribution in [2.24, 2.45) is 5.41 Å². The maximum absolute atomic E-state index is 12.6. The zero-order chi connectivity index (χ0) is 17.7. The van der Waals surface area contributed by atoms with Gasteiger partial charge >= 0.3 is 0 Å². The minimum absolute atomic E-state index is 0.112. The van der Waals surface area contributed by atoms with Crippen LogP contribution in [0.25, 0.3) is 0 Å². The van der Waals surface area contributed by atoms with Gasteiger partial charge in [0.05, 0.1) is 10.8 Å². The summed E-state index contributed by atoms with van der Waals surface area (Å²) in [4.78, 5) is 4.72. The molecule has 1 N–H and O–H groups in total. The molecule has 1 aromatic heterocycles. The third-order valence-electron chi connectivity index (χ3n) is 5.10. The molecule has 2 aromatic rings. The van der Waals surface area contributed by atoms with E-state index in [-0.39, 0.29) is 28.4 Å². The molecule has 1 saturated carbocycles. The van der Waals surface area contributed by atoms with E-state index in [0.29, 0.717) is 18.3 Å². The van der Waals surface area contributed by atoms with Gasteiger partial charge in [0.2, 0.25) is 21.7 Å². The second-order valence-corrected chi connectivity index (χ2v) is 8.92. The monoisotopic (exact) mass is 363 g/mol. The Hall–Kier alpha value is -1.77. The predicted octanol–water partition coefficient (Wildman–Crippen LogP) is 2.39. The number of sulfonamides is 1. The van der Waals surface area contributed by atoms with E-state index in [4.69, 9.17) is 9.26 Å². The number of hydrogen-bond acceptors (Lipinski definition) is 6. The van der Waals surface area contributed by atoms with Crippen molar-refractivity contribution in [1.29, 1.82) is 0 Å². The van der Waals surface area contributed by atoms with Crippen molar-refractivity contribution in [3.05, 3.63) is 42.0 Å². The molecule has 134 valence electrons. The summed E-state index contributed by atoms with van der Waals surface area (Å²) in [6.45, 7) is 4.69. The number of aromatic nitrogens is 2. The maximum Gasteiger partial charge on any atom is 0.240 e. The second kappa shape index (κ2) is 5.89. The van der Waals surface area contributed by atoms with Crippen LogP contribution in [-0.4, -0.2) is 31.2 Å². The van der Waals surface area contributed by atoms with Crippen LogP contribution < -0.4 is 4.72 Å². The average molecular weight is 363 g/mol. The summed E-state index contributed by atoms with van der Waals surface area (Å²) in [6.07, 6.45) is 1.76. The molecule has 0 unspecified atom stereocenters. The molecular weight excluding hydrogens is 342 g/mol. The molecule has 2 heterocycles. The molecule has 3 atom stereocenters. The minimum Gasteiger partial charge on any atom is -0.370 e. The lowest BCUT2D eigenvalue weighted by Crippen LogP contribution is -2.29. The van der Waals surface area contributed by atoms with Crippen LogP contribution in [0, 0.1) is 5.41 Å². The highest BCUT2D eigenvalue weighted by molar-refractivity contribution is 7.89. The van der Waals surface area contributed by atoms with Crippen molar-refractivity contribution < 1.29 is 17.7 Å². The van der Waals surface area contributed by atoms with Crippen LogP contribution in [0.5, 0.6) is 0 Å². The Kier molecular flexibility index (Phi) is 3.93. The van der Waals surface area contributed by atoms with Gasteiger partial charge in [0.25, 0.3) is 0 Å². The lowest BCUT2D eigenvalue weighted by atomic mass is 10.1. The highest BCUT2D eigenvalue weighted by Crippen LogP contribution is 2.58. The normalized spacial score (nSPS) is 28.2. The molecular formula is C17H21N3O4S. The zero-order valence-corrected chi connectivity index (χ0v) is 15.0. The first-order chi connectivity index (χ1) is 11.9. The van der Waals surface area contributed by atoms with Crippen molar-refractivity contribution in [2.45, 2.75) is 49.6 Å². The van der Waals surface area contributed by atoms with Gasteiger partial charge in [0, 0.05) is 12.6 Å². The van der Waals surface area contributed by atoms with E-state index in [1.165, 1.54) is 0 Å². The molecule has 0 radical (unpaired) electrons. The Bertz CT molecular complexity index is 857. The van der Waals surface area contributed by atoms with Crippen molar-refractivity contribution in [1.82, 2.24) is 14.9 Å². The van der Waals surface area contributed by atoms with Gasteiger partial charge in [-0.1, -0.05) is 37.2 Å². The lowest BCUT2D eigenvalue weighted by Gasteiger charge is -2.07. The molecule has 1 aromatic carbocycles. The van der Waals surface area contributed by atoms with Crippen molar-refractivity contribution in [3.63, 3.8) is 0 Å². The number of nitrogens with one attached hydrogen (secondary N) is 1. The molecule has 2 aliphatic rings. The minimum atomic E-state index is -3.58. The van der Waals surface area contributed by atoms with Gasteiger partial charge < -0.3 is 9.26 Å². The number of hydrogen-bond donors (Lipinski definition) is 1. The molecule has 1 aliphatic heterocycles. The van der Waals surface area contributed by atoms with E-state index in [0.717, 1.165) is 12.8 Å². The largest absolute Gasteiger partial charge is 0.370 e. The summed E-state index contributed by atoms with van der Waals surface area (Å²) in [6, 6.07) is 8.07. The smallest absolute Gasteiger partial charge is 0.240 e. The van der Waals surface area contributed by atoms with Gasteiger partial charge in [-0.15, -0.1) is 0 Å². The fourth-order valence-corrected chi connectivity index (χ4v) is 4.86. The molecule has 8 heteroatoms. The van der Waals surface area contributed by atoms with E-state index in [2.05, 4.69) is 14.9 Å². The highest BCUT2D eigenvalue weighted by Gasteiger charge is 2.63. The molecule has 4 rings (SSSR count). The zero-order valence-electron chi connectivity index (χ0n) is 14.2. The second-order valence-electron chi connectivity index (χ2n) is 7.20. The van der Waals surface area contributed by atoms with Crippen molar-refractivity contribution in [3.8, 4) is 0 Å². The van der Waals surface area contributed by atoms with Crippen LogP contribution in [-0.2, 0) is 14.8 Å². The predicted molar refractivity (Wildman–Crippen MR) is 89.3 cm³/mol. The van der Waals surface area contributed by atoms with E-state index in [1.54, 1.807) is 30.3 Å². The van der Waals surface area contributed by atoms with E-state index in [1.807, 2.05) is 13.8 Å². The summed E-state index contributed by atoms with van der Waals surface area (Å²) in [5.41, 5.74) is -0.289. The van der Waals surface area contributed by atoms with Crippen molar-refractivity contribution >= 4 is 10.0 Å². The van der Waals surface area contributed by atoms with Gasteiger partial charge in [-0.3, -0.25) is 0 Å². The molecule has 25 heavy (non-hydrogen) atoms. The molecule has 1 aliphatic carbocycles. The SMILES string of the molecule is CC1(C)[C@H](NS(=O)(=O)c2ccccc2)[C@@H]1c1nc([C@H]2CCCO2)no1. The van der Waals surface area contributed by atoms with Crippen LogP contribution in [0.15, 0.2) is 39.8 Å². The summed E-state index contributed by atoms with van der Waals surface area (Å²) in [7, 11) is -3.58. The van der Waals surface area contributed by atoms with Crippen LogP contribution >= 0.6 is 0 Å². The number of nitrogens with zero attached hydrogens (tertiary/aromatic N) is 2. The molecule has 2 fully saturated rings. The Morgan fingerprint density at radius 2 is 2.00 bits per heavy atom. The van der Waals surface area contributed by atoms with Gasteiger partial charge in [0.1, 0.15) is 6.10 Å². The van der Waals surface area contributed by atoms with Gasteiger partial charge in [-0.2, -0.15) is 4.98 Å². The highest BCUT2D eigenvalue weighted by atomic mass is 32.2. The fourth-order valence-electron chi connectivity index (χ4n) is 3.44. The number of ether oxygens (including phenoxy) is 1. The first-order valence-corrected chi connectivity index (χ1v) is 9.90. The Morgan fingerprint density at radius 3 is 2.68 bits per heavy atom. The molecule has 0 amide bonds. The van der Waals surface area contributed by atoms with Crippen LogP contribution in [0.4, 0.5) is 0 Å². The van der Waals surface area contributed by atoms with E-state index >= 15 is 0 Å². The summed E-state index contributed by atoms with van der Waals surface area (Å²) in [5.74, 6) is 0.879. The third-order valence-corrected chi connectivity index (χ3v) is 6.56. The Labute approximate surface area is 146 Å². The molecule has 0 bridgehead atoms. The first-order valence-electron chi connectivity index (χ1n) is 8.42. The van der Waals surface area contributed by atoms with Gasteiger partial charge in [-0.05, 0) is 30.4 Å². The van der Waals surface area contributed by atoms with Gasteiger partial charge in [0.15, 0.2) is 0 Å². The van der Waals surface area contributed by atoms with Crippen molar-refractivity contribution in [2.75, 3.05) is 6.61 Å². The summed E-state index contributed by atoms with van der Waals surface area (Å²) < 4.78 is 38.9. The maximum atomic E-state index is 12.6. The average Bonchev–Trinajstić information content (AvgIpc) is 3.09. The third kappa shape index (κ3) is 2.98. The van der Waals surface area contributed by atoms with Crippen LogP contribution in [0.1, 0.15) is 50.4 Å². The Morgan fingerprint density at radius 1 is 1.24 bits per heavy atom. The number of rotatable bonds is 5. The summed E-state index contributed by atoms with van der Waals surface area (Å²) in [5, 5.41) is 4.03. The lowest BCUT2D eigenvalue weighted by molar-refractivity contribution is 0.103. The standard InChI is InChI=1S/C17H21N3O4S/c1-17(2)13(16-18-15(19-24-16)12-9-6-10-23-12)14(17)20-25(21,22)11-7-4-3-5-8-11/h3-5,7-8,12-14,20H,6,9-10H2,1-2H3/t12-,13-,14-/m1/s1. The topological polar surface area (TPSA) is 94.3 Å². The van der Waals surface area contributed by atoms with E-state index in [9.17, 15) is 8.42 Å². The van der Waals surface area contributed by atoms with E-state index < -0.39 is 10.0 Å². The van der Waals surface area contributed by atoms with Crippen LogP contribution in [0.2, 0.25) is 0 Å². The summed E-state index contributed by atoms with van der Waals surface area (Å²) >= 11 is 0. The fraction of sp³-hybridized carbons (Fsp3) is 0.529. The molecule has 1 saturated heterocycles. The first kappa shape index (κ1) is 16.7. The number of benzene rings is 1. The quantitative estimate of drug-likeness (QED) is 0.876. The Balaban J connectivity index is 1.52. The van der Waals surface area contributed by atoms with Crippen LogP contribution in [0.3, 0.4) is 0 Å². The van der Waals surface area contributed by atoms with Gasteiger partial charge in [-0.25, -0.2) is 13.1 Å².